The van der Waals surface area contributed by atoms with Crippen LogP contribution in [0.25, 0.3) is 22.0 Å². The summed E-state index contributed by atoms with van der Waals surface area (Å²) >= 11 is 0. The Morgan fingerprint density at radius 1 is 0.909 bits per heavy atom. The van der Waals surface area contributed by atoms with Crippen molar-refractivity contribution in [3.8, 4) is 11.1 Å². The summed E-state index contributed by atoms with van der Waals surface area (Å²) in [5.74, 6) is 0.513. The van der Waals surface area contributed by atoms with Gasteiger partial charge in [0, 0.05) is 17.0 Å². The second-order valence-corrected chi connectivity index (χ2v) is 7.15. The molecule has 1 heteroatoms. The summed E-state index contributed by atoms with van der Waals surface area (Å²) in [7, 11) is 0. The van der Waals surface area contributed by atoms with Gasteiger partial charge in [-0.1, -0.05) is 58.0 Å². The summed E-state index contributed by atoms with van der Waals surface area (Å²) in [6.07, 6.45) is 1.95. The average Bonchev–Trinajstić information content (AvgIpc) is 2.52. The van der Waals surface area contributed by atoms with Crippen LogP contribution < -0.4 is 0 Å². The molecule has 0 bridgehead atoms. The van der Waals surface area contributed by atoms with Gasteiger partial charge in [-0.15, -0.1) is 0 Å². The van der Waals surface area contributed by atoms with E-state index in [1.165, 1.54) is 33.2 Å². The first-order chi connectivity index (χ1) is 10.5. The van der Waals surface area contributed by atoms with Crippen molar-refractivity contribution in [2.24, 2.45) is 0 Å². The highest BCUT2D eigenvalue weighted by molar-refractivity contribution is 6.01. The molecule has 1 heterocycles. The smallest absolute Gasteiger partial charge is 0.0714 e. The lowest BCUT2D eigenvalue weighted by Gasteiger charge is -2.35. The number of rotatable bonds is 1. The van der Waals surface area contributed by atoms with Gasteiger partial charge in [0.1, 0.15) is 0 Å². The first kappa shape index (κ1) is 13.5. The average molecular weight is 287 g/mol. The van der Waals surface area contributed by atoms with E-state index in [9.17, 15) is 0 Å². The number of hydrogen-bond acceptors (Lipinski definition) is 1. The summed E-state index contributed by atoms with van der Waals surface area (Å²) in [5, 5.41) is 1.33. The molecule has 0 fully saturated rings. The predicted octanol–water partition coefficient (Wildman–Crippen LogP) is 5.66. The SMILES string of the molecule is CC(C)c1cc2c3c(ccnc3c1)-c1ccccc1C2(C)C. The van der Waals surface area contributed by atoms with Crippen LogP contribution in [-0.2, 0) is 5.41 Å². The fourth-order valence-electron chi connectivity index (χ4n) is 3.77. The van der Waals surface area contributed by atoms with Gasteiger partial charge in [-0.3, -0.25) is 4.98 Å². The van der Waals surface area contributed by atoms with Crippen molar-refractivity contribution in [3.05, 3.63) is 65.4 Å². The van der Waals surface area contributed by atoms with Crippen LogP contribution in [0, 0.1) is 0 Å². The zero-order chi connectivity index (χ0) is 15.5. The zero-order valence-electron chi connectivity index (χ0n) is 13.6. The van der Waals surface area contributed by atoms with Crippen LogP contribution in [0.5, 0.6) is 0 Å². The molecule has 0 spiro atoms. The molecule has 1 aliphatic carbocycles. The van der Waals surface area contributed by atoms with E-state index < -0.39 is 0 Å². The minimum absolute atomic E-state index is 0.00970. The van der Waals surface area contributed by atoms with Gasteiger partial charge >= 0.3 is 0 Å². The normalized spacial score (nSPS) is 15.1. The molecule has 4 rings (SSSR count). The van der Waals surface area contributed by atoms with Crippen molar-refractivity contribution < 1.29 is 0 Å². The maximum atomic E-state index is 4.67. The van der Waals surface area contributed by atoms with Crippen molar-refractivity contribution >= 4 is 10.9 Å². The van der Waals surface area contributed by atoms with E-state index in [-0.39, 0.29) is 5.41 Å². The van der Waals surface area contributed by atoms with Crippen molar-refractivity contribution in [2.45, 2.75) is 39.0 Å². The van der Waals surface area contributed by atoms with Gasteiger partial charge in [0.05, 0.1) is 5.52 Å². The monoisotopic (exact) mass is 287 g/mol. The Labute approximate surface area is 132 Å². The van der Waals surface area contributed by atoms with Gasteiger partial charge in [0.25, 0.3) is 0 Å². The lowest BCUT2D eigenvalue weighted by Crippen LogP contribution is -2.24. The number of fused-ring (bicyclic) bond motifs is 2. The van der Waals surface area contributed by atoms with E-state index in [2.05, 4.69) is 75.1 Å². The molecule has 0 aliphatic heterocycles. The molecule has 1 aromatic heterocycles. The molecule has 110 valence electrons. The first-order valence-corrected chi connectivity index (χ1v) is 8.03. The lowest BCUT2D eigenvalue weighted by molar-refractivity contribution is 0.642. The first-order valence-electron chi connectivity index (χ1n) is 8.03. The van der Waals surface area contributed by atoms with Crippen LogP contribution in [0.15, 0.2) is 48.7 Å². The van der Waals surface area contributed by atoms with Crippen molar-refractivity contribution in [3.63, 3.8) is 0 Å². The summed E-state index contributed by atoms with van der Waals surface area (Å²) in [5.41, 5.74) is 8.01. The third-order valence-electron chi connectivity index (χ3n) is 5.09. The Morgan fingerprint density at radius 3 is 2.45 bits per heavy atom. The maximum Gasteiger partial charge on any atom is 0.0714 e. The van der Waals surface area contributed by atoms with Crippen molar-refractivity contribution in [1.82, 2.24) is 4.98 Å². The lowest BCUT2D eigenvalue weighted by atomic mass is 9.68. The molecule has 0 saturated carbocycles. The number of nitrogens with zero attached hydrogens (tertiary/aromatic N) is 1. The van der Waals surface area contributed by atoms with Crippen molar-refractivity contribution in [1.29, 1.82) is 0 Å². The van der Waals surface area contributed by atoms with Gasteiger partial charge in [-0.25, -0.2) is 0 Å². The molecule has 0 saturated heterocycles. The van der Waals surface area contributed by atoms with E-state index in [4.69, 9.17) is 0 Å². The second-order valence-electron chi connectivity index (χ2n) is 7.15. The summed E-state index contributed by atoms with van der Waals surface area (Å²) in [6.45, 7) is 9.17. The molecule has 3 aromatic rings. The van der Waals surface area contributed by atoms with Crippen LogP contribution in [0.3, 0.4) is 0 Å². The molecule has 0 unspecified atom stereocenters. The molecule has 0 radical (unpaired) electrons. The van der Waals surface area contributed by atoms with E-state index in [1.807, 2.05) is 6.20 Å². The summed E-state index contributed by atoms with van der Waals surface area (Å²) in [4.78, 5) is 4.67. The number of pyridine rings is 1. The Morgan fingerprint density at radius 2 is 1.68 bits per heavy atom. The predicted molar refractivity (Wildman–Crippen MR) is 93.4 cm³/mol. The Hall–Kier alpha value is -2.15. The summed E-state index contributed by atoms with van der Waals surface area (Å²) < 4.78 is 0. The minimum atomic E-state index is 0.00970. The minimum Gasteiger partial charge on any atom is -0.256 e. The number of aromatic nitrogens is 1. The van der Waals surface area contributed by atoms with Gasteiger partial charge in [-0.05, 0) is 45.9 Å². The Kier molecular flexibility index (Phi) is 2.72. The Bertz CT molecular complexity index is 888. The quantitative estimate of drug-likeness (QED) is 0.562. The van der Waals surface area contributed by atoms with Crippen LogP contribution in [0.4, 0.5) is 0 Å². The standard InChI is InChI=1S/C21H21N/c1-13(2)14-11-18-20-16(9-10-22-19(20)12-14)15-7-5-6-8-17(15)21(18,3)4/h5-13H,1-4H3. The molecular formula is C21H21N. The van der Waals surface area contributed by atoms with Gasteiger partial charge in [0.2, 0.25) is 0 Å². The topological polar surface area (TPSA) is 12.9 Å². The van der Waals surface area contributed by atoms with Crippen LogP contribution >= 0.6 is 0 Å². The number of benzene rings is 2. The Balaban J connectivity index is 2.20. The van der Waals surface area contributed by atoms with Crippen LogP contribution in [-0.4, -0.2) is 4.98 Å². The molecule has 1 nitrogen and oxygen atoms in total. The molecule has 0 N–H and O–H groups in total. The van der Waals surface area contributed by atoms with Crippen LogP contribution in [0.1, 0.15) is 50.3 Å². The zero-order valence-corrected chi connectivity index (χ0v) is 13.6. The van der Waals surface area contributed by atoms with Gasteiger partial charge in [-0.2, -0.15) is 0 Å². The molecule has 0 amide bonds. The molecule has 1 aliphatic rings. The molecule has 0 atom stereocenters. The highest BCUT2D eigenvalue weighted by Gasteiger charge is 2.33. The fraction of sp³-hybridized carbons (Fsp3) is 0.286. The highest BCUT2D eigenvalue weighted by Crippen LogP contribution is 2.48. The molecular weight excluding hydrogens is 266 g/mol. The third-order valence-corrected chi connectivity index (χ3v) is 5.09. The summed E-state index contributed by atoms with van der Waals surface area (Å²) in [6, 6.07) is 15.6. The van der Waals surface area contributed by atoms with E-state index >= 15 is 0 Å². The van der Waals surface area contributed by atoms with Crippen LogP contribution in [0.2, 0.25) is 0 Å². The molecule has 2 aromatic carbocycles. The maximum absolute atomic E-state index is 4.67. The fourth-order valence-corrected chi connectivity index (χ4v) is 3.77. The number of hydrogen-bond donors (Lipinski definition) is 0. The van der Waals surface area contributed by atoms with Crippen molar-refractivity contribution in [2.75, 3.05) is 0 Å². The van der Waals surface area contributed by atoms with Gasteiger partial charge in [0.15, 0.2) is 0 Å². The van der Waals surface area contributed by atoms with E-state index in [0.29, 0.717) is 5.92 Å². The highest BCUT2D eigenvalue weighted by atomic mass is 14.7. The van der Waals surface area contributed by atoms with Gasteiger partial charge < -0.3 is 0 Å². The van der Waals surface area contributed by atoms with E-state index in [1.54, 1.807) is 0 Å². The second kappa shape index (κ2) is 4.42. The largest absolute Gasteiger partial charge is 0.256 e. The third kappa shape index (κ3) is 1.68. The molecule has 22 heavy (non-hydrogen) atoms. The van der Waals surface area contributed by atoms with E-state index in [0.717, 1.165) is 5.52 Å².